The van der Waals surface area contributed by atoms with Gasteiger partial charge in [-0.05, 0) is 49.5 Å². The first kappa shape index (κ1) is 21.2. The molecule has 0 N–H and O–H groups in total. The molecule has 1 saturated carbocycles. The molecule has 1 aliphatic heterocycles. The first-order valence-electron chi connectivity index (χ1n) is 10.8. The van der Waals surface area contributed by atoms with Crippen LogP contribution in [-0.4, -0.2) is 43.0 Å². The van der Waals surface area contributed by atoms with Gasteiger partial charge in [-0.1, -0.05) is 48.0 Å². The van der Waals surface area contributed by atoms with Crippen molar-refractivity contribution in [3.63, 3.8) is 0 Å². The van der Waals surface area contributed by atoms with E-state index in [0.29, 0.717) is 11.5 Å². The standard InChI is InChI=1S/C22H43NO2/c1-7-14-23(16-18(3)4)15-11-20-17-24-22(25-20)12-9-19(10-13-22)21(5,6)8-2/h18-20H,7-17H2,1-6H3. The molecule has 3 heteroatoms. The minimum absolute atomic E-state index is 0.251. The van der Waals surface area contributed by atoms with Crippen molar-refractivity contribution in [2.45, 2.75) is 98.4 Å². The van der Waals surface area contributed by atoms with Gasteiger partial charge in [0.2, 0.25) is 0 Å². The normalized spacial score (nSPS) is 30.7. The van der Waals surface area contributed by atoms with E-state index in [9.17, 15) is 0 Å². The zero-order valence-corrected chi connectivity index (χ0v) is 17.8. The number of nitrogens with zero attached hydrogens (tertiary/aromatic N) is 1. The topological polar surface area (TPSA) is 21.7 Å². The Morgan fingerprint density at radius 1 is 1.12 bits per heavy atom. The Bertz CT molecular complexity index is 385. The summed E-state index contributed by atoms with van der Waals surface area (Å²) in [5, 5.41) is 0. The Morgan fingerprint density at radius 3 is 2.36 bits per heavy atom. The predicted octanol–water partition coefficient (Wildman–Crippen LogP) is 5.48. The monoisotopic (exact) mass is 353 g/mol. The molecule has 1 atom stereocenters. The van der Waals surface area contributed by atoms with Crippen LogP contribution in [0.1, 0.15) is 86.5 Å². The van der Waals surface area contributed by atoms with Crippen molar-refractivity contribution in [3.8, 4) is 0 Å². The van der Waals surface area contributed by atoms with Crippen LogP contribution in [0.2, 0.25) is 0 Å². The Morgan fingerprint density at radius 2 is 1.80 bits per heavy atom. The maximum absolute atomic E-state index is 6.47. The fraction of sp³-hybridized carbons (Fsp3) is 1.00. The molecule has 148 valence electrons. The minimum atomic E-state index is -0.251. The molecule has 2 fully saturated rings. The van der Waals surface area contributed by atoms with Crippen LogP contribution in [0.3, 0.4) is 0 Å². The van der Waals surface area contributed by atoms with Gasteiger partial charge in [-0.15, -0.1) is 0 Å². The van der Waals surface area contributed by atoms with E-state index >= 15 is 0 Å². The molecule has 1 aliphatic carbocycles. The average Bonchev–Trinajstić information content (AvgIpc) is 2.95. The summed E-state index contributed by atoms with van der Waals surface area (Å²) in [5.74, 6) is 1.30. The summed E-state index contributed by atoms with van der Waals surface area (Å²) in [6.07, 6.45) is 8.57. The third-order valence-electron chi connectivity index (χ3n) is 6.61. The quantitative estimate of drug-likeness (QED) is 0.547. The molecule has 1 heterocycles. The summed E-state index contributed by atoms with van der Waals surface area (Å²) in [6, 6.07) is 0. The molecule has 0 radical (unpaired) electrons. The first-order valence-corrected chi connectivity index (χ1v) is 10.8. The van der Waals surface area contributed by atoms with E-state index in [1.54, 1.807) is 0 Å². The Balaban J connectivity index is 1.78. The predicted molar refractivity (Wildman–Crippen MR) is 106 cm³/mol. The highest BCUT2D eigenvalue weighted by atomic mass is 16.7. The Kier molecular flexibility index (Phi) is 7.79. The van der Waals surface area contributed by atoms with Crippen molar-refractivity contribution < 1.29 is 9.47 Å². The molecule has 2 rings (SSSR count). The van der Waals surface area contributed by atoms with Crippen LogP contribution in [0.25, 0.3) is 0 Å². The average molecular weight is 354 g/mol. The van der Waals surface area contributed by atoms with Crippen molar-refractivity contribution in [1.29, 1.82) is 0 Å². The van der Waals surface area contributed by atoms with Gasteiger partial charge in [-0.25, -0.2) is 0 Å². The van der Waals surface area contributed by atoms with E-state index in [-0.39, 0.29) is 5.79 Å². The Labute approximate surface area is 156 Å². The van der Waals surface area contributed by atoms with Crippen LogP contribution >= 0.6 is 0 Å². The van der Waals surface area contributed by atoms with Gasteiger partial charge in [0, 0.05) is 25.9 Å². The van der Waals surface area contributed by atoms with Crippen LogP contribution in [0.5, 0.6) is 0 Å². The molecule has 0 amide bonds. The summed E-state index contributed by atoms with van der Waals surface area (Å²) in [4.78, 5) is 2.60. The summed E-state index contributed by atoms with van der Waals surface area (Å²) >= 11 is 0. The molecular formula is C22H43NO2. The van der Waals surface area contributed by atoms with Crippen LogP contribution < -0.4 is 0 Å². The molecule has 2 aliphatic rings. The van der Waals surface area contributed by atoms with E-state index in [0.717, 1.165) is 44.2 Å². The lowest BCUT2D eigenvalue weighted by atomic mass is 9.68. The molecule has 0 aromatic carbocycles. The molecule has 1 unspecified atom stereocenters. The largest absolute Gasteiger partial charge is 0.347 e. The van der Waals surface area contributed by atoms with Crippen LogP contribution in [0.15, 0.2) is 0 Å². The number of hydrogen-bond acceptors (Lipinski definition) is 3. The second-order valence-corrected chi connectivity index (χ2v) is 9.56. The van der Waals surface area contributed by atoms with Gasteiger partial charge in [0.1, 0.15) is 0 Å². The SMILES string of the molecule is CCCN(CCC1COC2(CCC(C(C)(C)CC)CC2)O1)CC(C)C. The number of rotatable bonds is 9. The second-order valence-electron chi connectivity index (χ2n) is 9.56. The van der Waals surface area contributed by atoms with Crippen LogP contribution in [-0.2, 0) is 9.47 Å². The highest BCUT2D eigenvalue weighted by Gasteiger charge is 2.46. The van der Waals surface area contributed by atoms with Crippen LogP contribution in [0, 0.1) is 17.3 Å². The van der Waals surface area contributed by atoms with Gasteiger partial charge in [-0.3, -0.25) is 0 Å². The smallest absolute Gasteiger partial charge is 0.168 e. The van der Waals surface area contributed by atoms with E-state index in [2.05, 4.69) is 46.4 Å². The Hall–Kier alpha value is -0.120. The van der Waals surface area contributed by atoms with Crippen molar-refractivity contribution in [2.75, 3.05) is 26.2 Å². The maximum atomic E-state index is 6.47. The second kappa shape index (κ2) is 9.19. The molecule has 25 heavy (non-hydrogen) atoms. The highest BCUT2D eigenvalue weighted by molar-refractivity contribution is 4.89. The van der Waals surface area contributed by atoms with Gasteiger partial charge < -0.3 is 14.4 Å². The summed E-state index contributed by atoms with van der Waals surface area (Å²) in [5.41, 5.74) is 0.455. The lowest BCUT2D eigenvalue weighted by molar-refractivity contribution is -0.197. The molecule has 0 bridgehead atoms. The van der Waals surface area contributed by atoms with Gasteiger partial charge in [-0.2, -0.15) is 0 Å². The fourth-order valence-electron chi connectivity index (χ4n) is 4.60. The highest BCUT2D eigenvalue weighted by Crippen LogP contribution is 2.47. The van der Waals surface area contributed by atoms with Crippen molar-refractivity contribution in [1.82, 2.24) is 4.90 Å². The molecule has 1 saturated heterocycles. The number of ether oxygens (including phenoxy) is 2. The molecular weight excluding hydrogens is 310 g/mol. The summed E-state index contributed by atoms with van der Waals surface area (Å²) in [7, 11) is 0. The van der Waals surface area contributed by atoms with Crippen molar-refractivity contribution in [3.05, 3.63) is 0 Å². The maximum Gasteiger partial charge on any atom is 0.168 e. The summed E-state index contributed by atoms with van der Waals surface area (Å²) in [6.45, 7) is 18.4. The molecule has 0 aromatic rings. The summed E-state index contributed by atoms with van der Waals surface area (Å²) < 4.78 is 12.7. The van der Waals surface area contributed by atoms with Gasteiger partial charge in [0.25, 0.3) is 0 Å². The lowest BCUT2D eigenvalue weighted by Crippen LogP contribution is -2.39. The van der Waals surface area contributed by atoms with Crippen molar-refractivity contribution >= 4 is 0 Å². The molecule has 0 aromatic heterocycles. The zero-order valence-electron chi connectivity index (χ0n) is 17.8. The minimum Gasteiger partial charge on any atom is -0.347 e. The first-order chi connectivity index (χ1) is 11.8. The van der Waals surface area contributed by atoms with E-state index in [4.69, 9.17) is 9.47 Å². The van der Waals surface area contributed by atoms with Crippen LogP contribution in [0.4, 0.5) is 0 Å². The van der Waals surface area contributed by atoms with E-state index < -0.39 is 0 Å². The van der Waals surface area contributed by atoms with E-state index in [1.165, 1.54) is 38.8 Å². The third kappa shape index (κ3) is 5.94. The van der Waals surface area contributed by atoms with E-state index in [1.807, 2.05) is 0 Å². The van der Waals surface area contributed by atoms with Crippen molar-refractivity contribution in [2.24, 2.45) is 17.3 Å². The van der Waals surface area contributed by atoms with Gasteiger partial charge in [0.05, 0.1) is 12.7 Å². The third-order valence-corrected chi connectivity index (χ3v) is 6.61. The fourth-order valence-corrected chi connectivity index (χ4v) is 4.60. The van der Waals surface area contributed by atoms with Gasteiger partial charge >= 0.3 is 0 Å². The zero-order chi connectivity index (χ0) is 18.5. The van der Waals surface area contributed by atoms with Gasteiger partial charge in [0.15, 0.2) is 5.79 Å². The lowest BCUT2D eigenvalue weighted by Gasteiger charge is -2.42. The molecule has 3 nitrogen and oxygen atoms in total. The number of hydrogen-bond donors (Lipinski definition) is 0. The molecule has 1 spiro atoms.